The Morgan fingerprint density at radius 2 is 1.91 bits per heavy atom. The topological polar surface area (TPSA) is 92.8 Å². The van der Waals surface area contributed by atoms with Crippen LogP contribution >= 0.6 is 0 Å². The molecule has 0 atom stereocenters. The van der Waals surface area contributed by atoms with E-state index in [4.69, 9.17) is 4.74 Å². The van der Waals surface area contributed by atoms with Crippen LogP contribution in [-0.2, 0) is 24.3 Å². The van der Waals surface area contributed by atoms with Gasteiger partial charge in [-0.3, -0.25) is 4.79 Å². The number of ether oxygens (including phenoxy) is 1. The van der Waals surface area contributed by atoms with Crippen LogP contribution in [0.1, 0.15) is 32.6 Å². The molecule has 2 heterocycles. The number of nitrogens with zero attached hydrogens (tertiary/aromatic N) is 1. The molecule has 1 aliphatic carbocycles. The van der Waals surface area contributed by atoms with Gasteiger partial charge in [0.1, 0.15) is 5.60 Å². The zero-order chi connectivity index (χ0) is 16.1. The maximum absolute atomic E-state index is 12.5. The molecule has 1 spiro atoms. The Hall–Kier alpha value is -1.41. The number of esters is 1. The molecule has 7 nitrogen and oxygen atoms in total. The molecule has 1 saturated carbocycles. The van der Waals surface area contributed by atoms with Crippen molar-refractivity contribution in [2.75, 3.05) is 19.3 Å². The Kier molecular flexibility index (Phi) is 3.56. The van der Waals surface area contributed by atoms with E-state index in [1.165, 1.54) is 4.31 Å². The number of carbonyl (C=O) groups is 2. The Balaban J connectivity index is 1.83. The van der Waals surface area contributed by atoms with Gasteiger partial charge in [0.25, 0.3) is 5.91 Å². The zero-order valence-corrected chi connectivity index (χ0v) is 13.5. The summed E-state index contributed by atoms with van der Waals surface area (Å²) in [6.45, 7) is 2.10. The second kappa shape index (κ2) is 5.06. The highest BCUT2D eigenvalue weighted by atomic mass is 32.2. The average molecular weight is 328 g/mol. The number of nitrogens with one attached hydrogen (secondary N) is 1. The Labute approximate surface area is 129 Å². The molecule has 0 aromatic rings. The van der Waals surface area contributed by atoms with E-state index in [0.717, 1.165) is 19.1 Å². The third-order valence-corrected chi connectivity index (χ3v) is 5.87. The van der Waals surface area contributed by atoms with Crippen molar-refractivity contribution >= 4 is 21.9 Å². The van der Waals surface area contributed by atoms with E-state index in [-0.39, 0.29) is 25.0 Å². The molecule has 0 bridgehead atoms. The van der Waals surface area contributed by atoms with Crippen LogP contribution in [-0.4, -0.2) is 55.6 Å². The Morgan fingerprint density at radius 1 is 1.32 bits per heavy atom. The smallest absolute Gasteiger partial charge is 0.335 e. The summed E-state index contributed by atoms with van der Waals surface area (Å²) in [7, 11) is -3.27. The highest BCUT2D eigenvalue weighted by molar-refractivity contribution is 7.88. The summed E-state index contributed by atoms with van der Waals surface area (Å²) in [5.74, 6) is -0.729. The first-order chi connectivity index (χ1) is 10.2. The zero-order valence-electron chi connectivity index (χ0n) is 12.7. The van der Waals surface area contributed by atoms with Gasteiger partial charge in [-0.2, -0.15) is 0 Å². The molecule has 0 aromatic carbocycles. The van der Waals surface area contributed by atoms with Gasteiger partial charge < -0.3 is 10.1 Å². The second-order valence-electron chi connectivity index (χ2n) is 6.29. The van der Waals surface area contributed by atoms with Crippen LogP contribution in [0.5, 0.6) is 0 Å². The van der Waals surface area contributed by atoms with Crippen LogP contribution in [0, 0.1) is 0 Å². The number of hydrogen-bond donors (Lipinski definition) is 1. The summed E-state index contributed by atoms with van der Waals surface area (Å²) >= 11 is 0. The van der Waals surface area contributed by atoms with Crippen LogP contribution in [0.2, 0.25) is 0 Å². The Morgan fingerprint density at radius 3 is 2.41 bits per heavy atom. The first-order valence-corrected chi connectivity index (χ1v) is 9.28. The van der Waals surface area contributed by atoms with Crippen molar-refractivity contribution in [1.82, 2.24) is 9.62 Å². The summed E-state index contributed by atoms with van der Waals surface area (Å²) in [6, 6.07) is 0.191. The van der Waals surface area contributed by atoms with E-state index in [9.17, 15) is 18.0 Å². The molecule has 1 saturated heterocycles. The molecule has 3 rings (SSSR count). The van der Waals surface area contributed by atoms with E-state index in [2.05, 4.69) is 5.32 Å². The third-order valence-electron chi connectivity index (χ3n) is 4.56. The quantitative estimate of drug-likeness (QED) is 0.732. The fourth-order valence-corrected chi connectivity index (χ4v) is 3.99. The minimum atomic E-state index is -3.27. The van der Waals surface area contributed by atoms with Crippen LogP contribution in [0.15, 0.2) is 11.1 Å². The SMILES string of the molecule is CC1=C(C(=O)NC2CC2)C2(CCN(S(C)(=O)=O)CC2)OC1=O. The molecule has 122 valence electrons. The van der Waals surface area contributed by atoms with Gasteiger partial charge >= 0.3 is 5.97 Å². The summed E-state index contributed by atoms with van der Waals surface area (Å²) in [5.41, 5.74) is -0.245. The number of hydrogen-bond acceptors (Lipinski definition) is 5. The second-order valence-corrected chi connectivity index (χ2v) is 8.28. The number of rotatable bonds is 3. The number of sulfonamides is 1. The van der Waals surface area contributed by atoms with E-state index in [1.807, 2.05) is 0 Å². The van der Waals surface area contributed by atoms with Crippen LogP contribution in [0.3, 0.4) is 0 Å². The predicted octanol–water partition coefficient (Wildman–Crippen LogP) is -0.0675. The lowest BCUT2D eigenvalue weighted by atomic mass is 9.83. The maximum Gasteiger partial charge on any atom is 0.335 e. The average Bonchev–Trinajstić information content (AvgIpc) is 3.18. The summed E-state index contributed by atoms with van der Waals surface area (Å²) in [4.78, 5) is 24.4. The van der Waals surface area contributed by atoms with Crippen molar-refractivity contribution < 1.29 is 22.7 Å². The van der Waals surface area contributed by atoms with Gasteiger partial charge in [0.05, 0.1) is 11.8 Å². The summed E-state index contributed by atoms with van der Waals surface area (Å²) in [5, 5.41) is 2.90. The van der Waals surface area contributed by atoms with E-state index in [1.54, 1.807) is 6.92 Å². The molecule has 22 heavy (non-hydrogen) atoms. The largest absolute Gasteiger partial charge is 0.450 e. The fourth-order valence-electron chi connectivity index (χ4n) is 3.14. The van der Waals surface area contributed by atoms with E-state index < -0.39 is 21.6 Å². The minimum Gasteiger partial charge on any atom is -0.450 e. The number of amides is 1. The van der Waals surface area contributed by atoms with Crippen molar-refractivity contribution in [3.8, 4) is 0 Å². The van der Waals surface area contributed by atoms with Gasteiger partial charge in [0.15, 0.2) is 0 Å². The lowest BCUT2D eigenvalue weighted by Crippen LogP contribution is -2.50. The lowest BCUT2D eigenvalue weighted by Gasteiger charge is -2.38. The minimum absolute atomic E-state index is 0.191. The monoisotopic (exact) mass is 328 g/mol. The molecular formula is C14H20N2O5S. The molecule has 1 N–H and O–H groups in total. The van der Waals surface area contributed by atoms with E-state index >= 15 is 0 Å². The Bertz CT molecular complexity index is 655. The molecule has 0 aromatic heterocycles. The van der Waals surface area contributed by atoms with Crippen LogP contribution in [0.25, 0.3) is 0 Å². The van der Waals surface area contributed by atoms with Crippen molar-refractivity contribution in [1.29, 1.82) is 0 Å². The molecular weight excluding hydrogens is 308 g/mol. The lowest BCUT2D eigenvalue weighted by molar-refractivity contribution is -0.150. The molecule has 2 aliphatic heterocycles. The fraction of sp³-hybridized carbons (Fsp3) is 0.714. The number of carbonyl (C=O) groups excluding carboxylic acids is 2. The van der Waals surface area contributed by atoms with Crippen molar-refractivity contribution in [2.24, 2.45) is 0 Å². The third kappa shape index (κ3) is 2.65. The predicted molar refractivity (Wildman–Crippen MR) is 78.3 cm³/mol. The van der Waals surface area contributed by atoms with Gasteiger partial charge in [-0.25, -0.2) is 17.5 Å². The maximum atomic E-state index is 12.5. The highest BCUT2D eigenvalue weighted by Crippen LogP contribution is 2.41. The van der Waals surface area contributed by atoms with Gasteiger partial charge in [-0.05, 0) is 19.8 Å². The normalized spacial score (nSPS) is 25.5. The first-order valence-electron chi connectivity index (χ1n) is 7.44. The van der Waals surface area contributed by atoms with Gasteiger partial charge in [-0.15, -0.1) is 0 Å². The molecule has 3 aliphatic rings. The van der Waals surface area contributed by atoms with Crippen LogP contribution in [0.4, 0.5) is 0 Å². The van der Waals surface area contributed by atoms with Crippen LogP contribution < -0.4 is 5.32 Å². The van der Waals surface area contributed by atoms with Crippen molar-refractivity contribution in [3.05, 3.63) is 11.1 Å². The molecule has 2 fully saturated rings. The van der Waals surface area contributed by atoms with Gasteiger partial charge in [0, 0.05) is 37.5 Å². The molecule has 0 unspecified atom stereocenters. The number of piperidine rings is 1. The van der Waals surface area contributed by atoms with Gasteiger partial charge in [0.2, 0.25) is 10.0 Å². The van der Waals surface area contributed by atoms with Crippen molar-refractivity contribution in [2.45, 2.75) is 44.2 Å². The highest BCUT2D eigenvalue weighted by Gasteiger charge is 2.52. The standard InChI is InChI=1S/C14H20N2O5S/c1-9-11(12(17)15-10-3-4-10)14(21-13(9)18)5-7-16(8-6-14)22(2,19)20/h10H,3-8H2,1-2H3,(H,15,17). The van der Waals surface area contributed by atoms with E-state index in [0.29, 0.717) is 24.0 Å². The molecule has 1 amide bonds. The summed E-state index contributed by atoms with van der Waals surface area (Å²) < 4.78 is 30.1. The summed E-state index contributed by atoms with van der Waals surface area (Å²) in [6.07, 6.45) is 3.71. The van der Waals surface area contributed by atoms with Gasteiger partial charge in [-0.1, -0.05) is 0 Å². The molecule has 8 heteroatoms. The molecule has 0 radical (unpaired) electrons. The first kappa shape index (κ1) is 15.5. The van der Waals surface area contributed by atoms with Crippen molar-refractivity contribution in [3.63, 3.8) is 0 Å².